The summed E-state index contributed by atoms with van der Waals surface area (Å²) in [5.41, 5.74) is 2.04. The minimum atomic E-state index is 0.743. The molecule has 0 aliphatic carbocycles. The Kier molecular flexibility index (Phi) is 4.41. The van der Waals surface area contributed by atoms with Crippen molar-refractivity contribution in [2.24, 2.45) is 0 Å². The number of hydrogen-bond donors (Lipinski definition) is 1. The van der Waals surface area contributed by atoms with Gasteiger partial charge in [0.05, 0.1) is 6.54 Å². The van der Waals surface area contributed by atoms with Gasteiger partial charge in [0.1, 0.15) is 5.69 Å². The topological polar surface area (TPSA) is 44.5 Å². The van der Waals surface area contributed by atoms with E-state index in [1.165, 1.54) is 13.0 Å². The summed E-state index contributed by atoms with van der Waals surface area (Å²) in [5.74, 6) is 0.958. The maximum Gasteiger partial charge on any atom is 0.151 e. The lowest BCUT2D eigenvalue weighted by atomic mass is 10.1. The zero-order valence-corrected chi connectivity index (χ0v) is 13.4. The normalized spacial score (nSPS) is 23.4. The molecule has 1 atom stereocenters. The second-order valence-electron chi connectivity index (χ2n) is 6.50. The average Bonchev–Trinajstić information content (AvgIpc) is 3.28. The van der Waals surface area contributed by atoms with Crippen LogP contribution in [0.3, 0.4) is 0 Å². The Morgan fingerprint density at radius 3 is 2.70 bits per heavy atom. The lowest BCUT2D eigenvalue weighted by molar-refractivity contribution is 0.0920. The summed E-state index contributed by atoms with van der Waals surface area (Å²) in [7, 11) is 0. The molecule has 5 nitrogen and oxygen atoms in total. The number of benzene rings is 1. The van der Waals surface area contributed by atoms with Crippen LogP contribution in [0.15, 0.2) is 40.9 Å². The van der Waals surface area contributed by atoms with E-state index in [-0.39, 0.29) is 0 Å². The van der Waals surface area contributed by atoms with E-state index in [9.17, 15) is 0 Å². The molecule has 2 saturated heterocycles. The zero-order chi connectivity index (χ0) is 15.5. The van der Waals surface area contributed by atoms with Gasteiger partial charge < -0.3 is 9.84 Å². The van der Waals surface area contributed by atoms with E-state index in [2.05, 4.69) is 38.5 Å². The van der Waals surface area contributed by atoms with Crippen molar-refractivity contribution in [2.75, 3.05) is 39.3 Å². The van der Waals surface area contributed by atoms with Crippen LogP contribution in [0.2, 0.25) is 0 Å². The number of piperazine rings is 1. The van der Waals surface area contributed by atoms with E-state index in [0.29, 0.717) is 0 Å². The maximum absolute atomic E-state index is 5.53. The first-order valence-electron chi connectivity index (χ1n) is 8.56. The summed E-state index contributed by atoms with van der Waals surface area (Å²) in [6.07, 6.45) is 1.29. The Hall–Kier alpha value is -1.69. The predicted octanol–water partition coefficient (Wildman–Crippen LogP) is 1.82. The highest BCUT2D eigenvalue weighted by Gasteiger charge is 2.26. The minimum Gasteiger partial charge on any atom is -0.359 e. The van der Waals surface area contributed by atoms with E-state index >= 15 is 0 Å². The molecule has 0 spiro atoms. The van der Waals surface area contributed by atoms with E-state index in [0.717, 1.165) is 62.3 Å². The zero-order valence-electron chi connectivity index (χ0n) is 13.4. The lowest BCUT2D eigenvalue weighted by Crippen LogP contribution is -2.50. The molecule has 2 aliphatic rings. The number of nitrogens with zero attached hydrogens (tertiary/aromatic N) is 3. The second kappa shape index (κ2) is 6.83. The van der Waals surface area contributed by atoms with Gasteiger partial charge in [0, 0.05) is 50.4 Å². The van der Waals surface area contributed by atoms with Crippen LogP contribution in [-0.2, 0) is 6.54 Å². The molecule has 0 radical (unpaired) electrons. The summed E-state index contributed by atoms with van der Waals surface area (Å²) >= 11 is 0. The first-order valence-corrected chi connectivity index (χ1v) is 8.56. The van der Waals surface area contributed by atoms with Crippen LogP contribution in [0, 0.1) is 0 Å². The van der Waals surface area contributed by atoms with Crippen molar-refractivity contribution in [3.63, 3.8) is 0 Å². The molecule has 1 N–H and O–H groups in total. The molecule has 122 valence electrons. The summed E-state index contributed by atoms with van der Waals surface area (Å²) in [6.45, 7) is 7.72. The van der Waals surface area contributed by atoms with Crippen molar-refractivity contribution in [1.29, 1.82) is 0 Å². The van der Waals surface area contributed by atoms with Gasteiger partial charge in [-0.05, 0) is 13.0 Å². The Balaban J connectivity index is 1.32. The van der Waals surface area contributed by atoms with E-state index < -0.39 is 0 Å². The smallest absolute Gasteiger partial charge is 0.151 e. The van der Waals surface area contributed by atoms with Crippen LogP contribution < -0.4 is 5.32 Å². The summed E-state index contributed by atoms with van der Waals surface area (Å²) in [4.78, 5) is 5.10. The fourth-order valence-electron chi connectivity index (χ4n) is 3.59. The highest BCUT2D eigenvalue weighted by molar-refractivity contribution is 5.58. The predicted molar refractivity (Wildman–Crippen MR) is 90.1 cm³/mol. The molecular weight excluding hydrogens is 288 g/mol. The Morgan fingerprint density at radius 1 is 1.13 bits per heavy atom. The minimum absolute atomic E-state index is 0.743. The molecule has 0 bridgehead atoms. The van der Waals surface area contributed by atoms with Crippen molar-refractivity contribution >= 4 is 0 Å². The van der Waals surface area contributed by atoms with Crippen molar-refractivity contribution in [3.8, 4) is 11.3 Å². The monoisotopic (exact) mass is 312 g/mol. The molecule has 0 amide bonds. The highest BCUT2D eigenvalue weighted by Crippen LogP contribution is 2.20. The molecule has 1 unspecified atom stereocenters. The van der Waals surface area contributed by atoms with Gasteiger partial charge in [-0.25, -0.2) is 0 Å². The fraction of sp³-hybridized carbons (Fsp3) is 0.500. The third kappa shape index (κ3) is 3.47. The van der Waals surface area contributed by atoms with Crippen LogP contribution in [-0.4, -0.2) is 60.3 Å². The van der Waals surface area contributed by atoms with Gasteiger partial charge in [-0.3, -0.25) is 9.80 Å². The first-order chi connectivity index (χ1) is 11.4. The fourth-order valence-corrected chi connectivity index (χ4v) is 3.59. The Bertz CT molecular complexity index is 613. The van der Waals surface area contributed by atoms with Crippen LogP contribution >= 0.6 is 0 Å². The molecular formula is C18H24N4O. The molecule has 2 aliphatic heterocycles. The van der Waals surface area contributed by atoms with Crippen molar-refractivity contribution in [2.45, 2.75) is 19.0 Å². The summed E-state index contributed by atoms with van der Waals surface area (Å²) in [5, 5.41) is 7.67. The number of hydrogen-bond acceptors (Lipinski definition) is 5. The number of aromatic nitrogens is 1. The van der Waals surface area contributed by atoms with Gasteiger partial charge in [0.2, 0.25) is 0 Å². The van der Waals surface area contributed by atoms with Gasteiger partial charge in [0.25, 0.3) is 0 Å². The first kappa shape index (κ1) is 14.9. The van der Waals surface area contributed by atoms with E-state index in [1.807, 2.05) is 18.2 Å². The van der Waals surface area contributed by atoms with Crippen molar-refractivity contribution in [1.82, 2.24) is 20.3 Å². The average molecular weight is 312 g/mol. The number of nitrogens with one attached hydrogen (secondary N) is 1. The van der Waals surface area contributed by atoms with E-state index in [4.69, 9.17) is 4.52 Å². The molecule has 2 aromatic rings. The maximum atomic E-state index is 5.53. The highest BCUT2D eigenvalue weighted by atomic mass is 16.5. The molecule has 4 rings (SSSR count). The van der Waals surface area contributed by atoms with Crippen LogP contribution in [0.4, 0.5) is 0 Å². The quantitative estimate of drug-likeness (QED) is 0.933. The third-order valence-electron chi connectivity index (χ3n) is 4.97. The van der Waals surface area contributed by atoms with Crippen molar-refractivity contribution in [3.05, 3.63) is 42.2 Å². The van der Waals surface area contributed by atoms with Gasteiger partial charge in [-0.2, -0.15) is 0 Å². The molecule has 1 aromatic carbocycles. The van der Waals surface area contributed by atoms with Crippen molar-refractivity contribution < 1.29 is 4.52 Å². The molecule has 5 heteroatoms. The molecule has 0 saturated carbocycles. The molecule has 3 heterocycles. The van der Waals surface area contributed by atoms with Gasteiger partial charge in [0.15, 0.2) is 5.76 Å². The Morgan fingerprint density at radius 2 is 1.96 bits per heavy atom. The largest absolute Gasteiger partial charge is 0.359 e. The van der Waals surface area contributed by atoms with Gasteiger partial charge in [-0.1, -0.05) is 35.5 Å². The lowest BCUT2D eigenvalue weighted by Gasteiger charge is -2.37. The standard InChI is InChI=1S/C18H24N4O/c1-2-4-15(5-3-1)18-12-17(23-20-18)14-21-8-10-22(11-9-21)16-6-7-19-13-16/h1-5,12,16,19H,6-11,13-14H2. The van der Waals surface area contributed by atoms with Gasteiger partial charge >= 0.3 is 0 Å². The van der Waals surface area contributed by atoms with Crippen LogP contribution in [0.25, 0.3) is 11.3 Å². The molecule has 23 heavy (non-hydrogen) atoms. The summed E-state index contributed by atoms with van der Waals surface area (Å²) < 4.78 is 5.53. The second-order valence-corrected chi connectivity index (χ2v) is 6.50. The molecule has 1 aromatic heterocycles. The number of rotatable bonds is 4. The van der Waals surface area contributed by atoms with E-state index in [1.54, 1.807) is 0 Å². The third-order valence-corrected chi connectivity index (χ3v) is 4.97. The molecule has 2 fully saturated rings. The SMILES string of the molecule is c1ccc(-c2cc(CN3CCN(C4CCNC4)CC3)on2)cc1. The Labute approximate surface area is 137 Å². The van der Waals surface area contributed by atoms with Crippen LogP contribution in [0.1, 0.15) is 12.2 Å². The van der Waals surface area contributed by atoms with Crippen LogP contribution in [0.5, 0.6) is 0 Å². The summed E-state index contributed by atoms with van der Waals surface area (Å²) in [6, 6.07) is 13.0. The van der Waals surface area contributed by atoms with Gasteiger partial charge in [-0.15, -0.1) is 0 Å².